The summed E-state index contributed by atoms with van der Waals surface area (Å²) in [6.07, 6.45) is 9.12. The summed E-state index contributed by atoms with van der Waals surface area (Å²) >= 11 is 0. The number of ether oxygens (including phenoxy) is 2. The highest BCUT2D eigenvalue weighted by atomic mass is 19.1. The molecule has 0 aliphatic carbocycles. The van der Waals surface area contributed by atoms with E-state index in [0.29, 0.717) is 22.6 Å². The van der Waals surface area contributed by atoms with Crippen LogP contribution in [0.3, 0.4) is 0 Å². The molecular weight excluding hydrogens is 1090 g/mol. The average Bonchev–Trinajstić information content (AvgIpc) is 1.17. The Morgan fingerprint density at radius 1 is 0.568 bits per heavy atom. The van der Waals surface area contributed by atoms with Crippen LogP contribution in [-0.4, -0.2) is 51.5 Å². The summed E-state index contributed by atoms with van der Waals surface area (Å²) in [6.45, 7) is 20.6. The third-order valence-electron chi connectivity index (χ3n) is 16.4. The fourth-order valence-electron chi connectivity index (χ4n) is 11.5. The molecular formula is C76H83F2N8O2+5. The molecule has 0 bridgehead atoms. The summed E-state index contributed by atoms with van der Waals surface area (Å²) in [5.74, 6) is 1.52. The molecule has 4 aromatic heterocycles. The fraction of sp³-hybridized carbons (Fsp3) is 0.250. The first-order chi connectivity index (χ1) is 42.2. The zero-order chi connectivity index (χ0) is 63.0. The minimum absolute atomic E-state index is 0.0949. The molecule has 0 fully saturated rings. The molecule has 0 N–H and O–H groups in total. The number of fused-ring (bicyclic) bond motifs is 7. The van der Waals surface area contributed by atoms with Crippen molar-refractivity contribution in [2.24, 2.45) is 28.2 Å². The van der Waals surface area contributed by atoms with Crippen LogP contribution in [0.4, 0.5) is 8.78 Å². The van der Waals surface area contributed by atoms with Crippen LogP contribution in [0.2, 0.25) is 0 Å². The number of benzene rings is 8. The maximum absolute atomic E-state index is 13.9. The molecule has 0 atom stereocenters. The molecule has 1 aliphatic heterocycles. The smallest absolute Gasteiger partial charge is 0.370 e. The third-order valence-corrected chi connectivity index (χ3v) is 16.4. The van der Waals surface area contributed by atoms with Crippen LogP contribution in [0.1, 0.15) is 66.3 Å². The van der Waals surface area contributed by atoms with Gasteiger partial charge in [0.2, 0.25) is 23.2 Å². The molecule has 0 amide bonds. The molecule has 8 aromatic carbocycles. The SMILES string of the molecule is CCCn1c[n+](C)c(-c2ccccc2C)n1.COc1cc[n+](C)c(-c2c(C)cc(F)cc2F)c1.Cc1c[n+](C)c2c(n1)c1ccccc1c1cccc(C)c12.Cc1ccc2ccccc2c1-c1cccc[n+]1C.Cc1ccccc1C1=[N+](C)C(C)(C)CO1. The van der Waals surface area contributed by atoms with Crippen molar-refractivity contribution in [2.45, 2.75) is 80.8 Å². The zero-order valence-corrected chi connectivity index (χ0v) is 53.7. The Balaban J connectivity index is 0.000000132. The van der Waals surface area contributed by atoms with Gasteiger partial charge in [-0.25, -0.2) is 27.5 Å². The Labute approximate surface area is 517 Å². The summed E-state index contributed by atoms with van der Waals surface area (Å²) in [5, 5.41) is 12.3. The standard InChI is InChI=1S/C19H17N2.C17H16N.C14H14F2NO.C13H18N3.C13H18NO/c1-12-7-6-10-15-14-8-4-5-9-16(14)18-19(17(12)15)21(3)11-13(2)20-18;1-13-10-11-14-7-3-4-8-15(14)17(13)16-9-5-6-12-18(16)2;1-9-6-10(15)7-12(16)14(9)13-8-11(18-3)4-5-17(13)2;1-4-9-16-10-15(3)13(14-16)12-8-6-5-7-11(12)2;1-10-7-5-6-8-11(10)12-14(4)13(2,3)9-15-12/h4-11H,1-3H3;3-12H,1-2H3;4-8H,1-3H3;5-8,10H,4,9H2,1-3H3;5-8H,9H2,1-4H3/q5*+1. The van der Waals surface area contributed by atoms with Gasteiger partial charge < -0.3 is 9.47 Å². The number of halogens is 2. The lowest BCUT2D eigenvalue weighted by Gasteiger charge is -2.10. The summed E-state index contributed by atoms with van der Waals surface area (Å²) in [4.78, 5) is 4.84. The van der Waals surface area contributed by atoms with Gasteiger partial charge in [0.1, 0.15) is 63.3 Å². The van der Waals surface area contributed by atoms with Crippen molar-refractivity contribution in [3.8, 4) is 39.7 Å². The van der Waals surface area contributed by atoms with Crippen molar-refractivity contribution in [2.75, 3.05) is 20.8 Å². The van der Waals surface area contributed by atoms with Gasteiger partial charge in [0.25, 0.3) is 0 Å². The zero-order valence-electron chi connectivity index (χ0n) is 53.7. The number of aromatic nitrogens is 7. The van der Waals surface area contributed by atoms with Crippen LogP contribution in [0.15, 0.2) is 195 Å². The van der Waals surface area contributed by atoms with E-state index in [1.54, 1.807) is 44.0 Å². The highest BCUT2D eigenvalue weighted by molar-refractivity contribution is 6.23. The molecule has 1 aliphatic rings. The summed E-state index contributed by atoms with van der Waals surface area (Å²) in [6, 6.07) is 56.8. The van der Waals surface area contributed by atoms with E-state index in [1.807, 2.05) is 18.1 Å². The van der Waals surface area contributed by atoms with E-state index in [9.17, 15) is 8.78 Å². The largest absolute Gasteiger partial charge is 0.496 e. The molecule has 88 heavy (non-hydrogen) atoms. The number of aryl methyl sites for hydroxylation is 11. The Kier molecular flexibility index (Phi) is 19.6. The van der Waals surface area contributed by atoms with Crippen LogP contribution in [-0.2, 0) is 39.5 Å². The number of hydrogen-bond donors (Lipinski definition) is 0. The van der Waals surface area contributed by atoms with Gasteiger partial charge in [-0.1, -0.05) is 122 Å². The Morgan fingerprint density at radius 3 is 1.85 bits per heavy atom. The number of likely N-dealkylation sites (N-methyl/N-ethyl adjacent to an activating group) is 1. The van der Waals surface area contributed by atoms with Gasteiger partial charge in [-0.2, -0.15) is 9.14 Å². The van der Waals surface area contributed by atoms with Crippen molar-refractivity contribution < 1.29 is 41.1 Å². The first-order valence-electron chi connectivity index (χ1n) is 30.0. The van der Waals surface area contributed by atoms with Crippen LogP contribution in [0, 0.1) is 53.2 Å². The molecule has 0 unspecified atom stereocenters. The quantitative estimate of drug-likeness (QED) is 0.118. The number of pyridine rings is 2. The highest BCUT2D eigenvalue weighted by Gasteiger charge is 2.40. The van der Waals surface area contributed by atoms with Crippen molar-refractivity contribution >= 4 is 49.2 Å². The molecule has 12 heteroatoms. The topological polar surface area (TPSA) is 67.7 Å². The molecule has 0 saturated carbocycles. The predicted molar refractivity (Wildman–Crippen MR) is 352 cm³/mol. The van der Waals surface area contributed by atoms with Crippen LogP contribution >= 0.6 is 0 Å². The number of nitrogens with zero attached hydrogens (tertiary/aromatic N) is 8. The second kappa shape index (κ2) is 27.4. The first kappa shape index (κ1) is 63.0. The van der Waals surface area contributed by atoms with E-state index >= 15 is 0 Å². The third kappa shape index (κ3) is 13.7. The predicted octanol–water partition coefficient (Wildman–Crippen LogP) is 14.7. The van der Waals surface area contributed by atoms with Gasteiger partial charge in [0.05, 0.1) is 47.9 Å². The Morgan fingerprint density at radius 2 is 1.19 bits per heavy atom. The molecule has 13 rings (SSSR count). The lowest BCUT2D eigenvalue weighted by molar-refractivity contribution is -0.661. The summed E-state index contributed by atoms with van der Waals surface area (Å²) in [7, 11) is 11.7. The van der Waals surface area contributed by atoms with Gasteiger partial charge >= 0.3 is 11.7 Å². The van der Waals surface area contributed by atoms with E-state index in [2.05, 4.69) is 258 Å². The van der Waals surface area contributed by atoms with Crippen LogP contribution < -0.4 is 23.0 Å². The fourth-order valence-corrected chi connectivity index (χ4v) is 11.5. The van der Waals surface area contributed by atoms with Crippen LogP contribution in [0.5, 0.6) is 5.75 Å². The lowest BCUT2D eigenvalue weighted by Crippen LogP contribution is -2.33. The van der Waals surface area contributed by atoms with E-state index in [1.165, 1.54) is 88.5 Å². The van der Waals surface area contributed by atoms with Crippen LogP contribution in [0.25, 0.3) is 77.3 Å². The molecule has 0 spiro atoms. The molecule has 0 saturated heterocycles. The molecule has 10 nitrogen and oxygen atoms in total. The first-order valence-corrected chi connectivity index (χ1v) is 30.0. The summed E-state index contributed by atoms with van der Waals surface area (Å²) < 4.78 is 50.4. The normalized spacial score (nSPS) is 12.3. The van der Waals surface area contributed by atoms with Crippen molar-refractivity contribution in [3.05, 3.63) is 245 Å². The van der Waals surface area contributed by atoms with Gasteiger partial charge in [-0.3, -0.25) is 0 Å². The van der Waals surface area contributed by atoms with Crippen molar-refractivity contribution in [1.29, 1.82) is 0 Å². The van der Waals surface area contributed by atoms with Gasteiger partial charge in [0, 0.05) is 48.6 Å². The van der Waals surface area contributed by atoms with Gasteiger partial charge in [0.15, 0.2) is 30.7 Å². The van der Waals surface area contributed by atoms with E-state index in [0.717, 1.165) is 48.6 Å². The van der Waals surface area contributed by atoms with Crippen molar-refractivity contribution in [1.82, 2.24) is 14.8 Å². The molecule has 0 radical (unpaired) electrons. The number of rotatable bonds is 7. The highest BCUT2D eigenvalue weighted by Crippen LogP contribution is 2.35. The molecule has 12 aromatic rings. The maximum Gasteiger partial charge on any atom is 0.370 e. The second-order valence-electron chi connectivity index (χ2n) is 23.5. The molecule has 5 heterocycles. The number of methoxy groups -OCH3 is 1. The Bertz CT molecular complexity index is 4520. The monoisotopic (exact) mass is 1180 g/mol. The number of hydrogen-bond acceptors (Lipinski definition) is 4. The average molecular weight is 1180 g/mol. The summed E-state index contributed by atoms with van der Waals surface area (Å²) in [5.41, 5.74) is 15.2. The second-order valence-corrected chi connectivity index (χ2v) is 23.5. The minimum atomic E-state index is -0.573. The van der Waals surface area contributed by atoms with E-state index < -0.39 is 11.6 Å². The van der Waals surface area contributed by atoms with Gasteiger partial charge in [-0.05, 0) is 122 Å². The van der Waals surface area contributed by atoms with E-state index in [-0.39, 0.29) is 5.54 Å². The minimum Gasteiger partial charge on any atom is -0.496 e. The maximum atomic E-state index is 13.9. The van der Waals surface area contributed by atoms with Crippen molar-refractivity contribution in [3.63, 3.8) is 0 Å². The Hall–Kier alpha value is -9.55. The van der Waals surface area contributed by atoms with Gasteiger partial charge in [-0.15, -0.1) is 4.68 Å². The van der Waals surface area contributed by atoms with E-state index in [4.69, 9.17) is 14.5 Å². The lowest BCUT2D eigenvalue weighted by atomic mass is 9.96. The molecule has 448 valence electrons.